The highest BCUT2D eigenvalue weighted by Gasteiger charge is 2.34. The summed E-state index contributed by atoms with van der Waals surface area (Å²) in [6.45, 7) is 3.27. The second-order valence-electron chi connectivity index (χ2n) is 2.32. The van der Waals surface area contributed by atoms with Crippen molar-refractivity contribution in [3.8, 4) is 0 Å². The lowest BCUT2D eigenvalue weighted by Crippen LogP contribution is -2.29. The molecule has 1 heterocycles. The van der Waals surface area contributed by atoms with Crippen molar-refractivity contribution >= 4 is 29.7 Å². The van der Waals surface area contributed by atoms with Crippen molar-refractivity contribution in [2.45, 2.75) is 20.0 Å². The van der Waals surface area contributed by atoms with Gasteiger partial charge in [-0.05, 0) is 13.8 Å². The lowest BCUT2D eigenvalue weighted by Gasteiger charge is -2.21. The monoisotopic (exact) mass is 190 g/mol. The molecule has 0 aliphatic carbocycles. The molecule has 0 aromatic heterocycles. The van der Waals surface area contributed by atoms with Gasteiger partial charge in [0.2, 0.25) is 0 Å². The standard InChI is InChI=1S/C6H9O3.Al.ClH/c1-4(8)6(3-7)5(2)9;;/h3-4,7H,1-2H3;;1H/q-1;+3;/p-2. The molecule has 0 bridgehead atoms. The summed E-state index contributed by atoms with van der Waals surface area (Å²) in [5.41, 5.74) is 0.550. The number of ketones is 1. The molecule has 11 heavy (non-hydrogen) atoms. The molecule has 1 atom stereocenters. The van der Waals surface area contributed by atoms with E-state index in [0.29, 0.717) is 5.57 Å². The van der Waals surface area contributed by atoms with Gasteiger partial charge < -0.3 is 7.58 Å². The number of carbonyl (C=O) groups is 1. The smallest absolute Gasteiger partial charge is 0.615 e. The molecule has 0 fully saturated rings. The van der Waals surface area contributed by atoms with E-state index < -0.39 is 13.9 Å². The van der Waals surface area contributed by atoms with E-state index in [4.69, 9.17) is 17.6 Å². The Balaban J connectivity index is 2.72. The molecule has 1 rings (SSSR count). The van der Waals surface area contributed by atoms with Crippen molar-refractivity contribution in [2.75, 3.05) is 0 Å². The molecule has 0 N–H and O–H groups in total. The van der Waals surface area contributed by atoms with Gasteiger partial charge in [0.25, 0.3) is 0 Å². The third-order valence-corrected chi connectivity index (χ3v) is 3.05. The number of halogens is 1. The molecule has 3 nitrogen and oxygen atoms in total. The highest BCUT2D eigenvalue weighted by atomic mass is 35.6. The van der Waals surface area contributed by atoms with Gasteiger partial charge in [-0.2, -0.15) is 10.0 Å². The molecule has 0 saturated carbocycles. The van der Waals surface area contributed by atoms with Crippen LogP contribution in [0.5, 0.6) is 0 Å². The van der Waals surface area contributed by atoms with Gasteiger partial charge >= 0.3 is 13.9 Å². The van der Waals surface area contributed by atoms with Crippen LogP contribution in [-0.4, -0.2) is 25.8 Å². The topological polar surface area (TPSA) is 35.5 Å². The van der Waals surface area contributed by atoms with Gasteiger partial charge in [0, 0.05) is 0 Å². The third-order valence-electron chi connectivity index (χ3n) is 1.46. The number of hydrogen-bond donors (Lipinski definition) is 0. The van der Waals surface area contributed by atoms with E-state index in [9.17, 15) is 4.79 Å². The Bertz CT molecular complexity index is 204. The summed E-state index contributed by atoms with van der Waals surface area (Å²) < 4.78 is 10.1. The Morgan fingerprint density at radius 3 is 2.91 bits per heavy atom. The number of hydrogen-bond acceptors (Lipinski definition) is 3. The van der Waals surface area contributed by atoms with Crippen LogP contribution in [0, 0.1) is 0 Å². The predicted octanol–water partition coefficient (Wildman–Crippen LogP) is 1.12. The van der Waals surface area contributed by atoms with Crippen molar-refractivity contribution < 1.29 is 12.4 Å². The fourth-order valence-electron chi connectivity index (χ4n) is 0.858. The Morgan fingerprint density at radius 1 is 1.82 bits per heavy atom. The summed E-state index contributed by atoms with van der Waals surface area (Å²) in [5, 5.41) is 0. The molecule has 0 spiro atoms. The second kappa shape index (κ2) is 3.59. The largest absolute Gasteiger partial charge is 0.905 e. The summed E-state index contributed by atoms with van der Waals surface area (Å²) in [6, 6.07) is 0. The van der Waals surface area contributed by atoms with Crippen LogP contribution in [0.2, 0.25) is 0 Å². The molecule has 1 aliphatic heterocycles. The van der Waals surface area contributed by atoms with Gasteiger partial charge in [-0.25, -0.2) is 0 Å². The van der Waals surface area contributed by atoms with Gasteiger partial charge in [-0.15, -0.1) is 0 Å². The zero-order valence-corrected chi connectivity index (χ0v) is 8.25. The summed E-state index contributed by atoms with van der Waals surface area (Å²) in [4.78, 5) is 10.9. The summed E-state index contributed by atoms with van der Waals surface area (Å²) in [5.74, 6) is -0.0323. The van der Waals surface area contributed by atoms with Crippen LogP contribution in [0.25, 0.3) is 0 Å². The van der Waals surface area contributed by atoms with Crippen LogP contribution in [0.15, 0.2) is 11.8 Å². The first-order valence-electron chi connectivity index (χ1n) is 3.27. The Hall–Kier alpha value is -0.00753. The predicted molar refractivity (Wildman–Crippen MR) is 42.0 cm³/mol. The van der Waals surface area contributed by atoms with Crippen molar-refractivity contribution in [1.29, 1.82) is 0 Å². The Morgan fingerprint density at radius 2 is 2.45 bits per heavy atom. The summed E-state index contributed by atoms with van der Waals surface area (Å²) in [7, 11) is 5.62. The van der Waals surface area contributed by atoms with Gasteiger partial charge in [-0.3, -0.25) is 4.79 Å². The van der Waals surface area contributed by atoms with Crippen LogP contribution >= 0.6 is 10.0 Å². The zero-order valence-electron chi connectivity index (χ0n) is 6.33. The van der Waals surface area contributed by atoms with E-state index in [1.165, 1.54) is 13.2 Å². The second-order valence-corrected chi connectivity index (χ2v) is 4.48. The van der Waals surface area contributed by atoms with Gasteiger partial charge in [-0.1, -0.05) is 0 Å². The zero-order chi connectivity index (χ0) is 8.43. The normalized spacial score (nSPS) is 24.1. The molecule has 60 valence electrons. The maximum atomic E-state index is 10.9. The van der Waals surface area contributed by atoms with Crippen molar-refractivity contribution in [3.63, 3.8) is 0 Å². The van der Waals surface area contributed by atoms with Crippen molar-refractivity contribution in [3.05, 3.63) is 11.8 Å². The quantitative estimate of drug-likeness (QED) is 0.582. The Kier molecular flexibility index (Phi) is 2.97. The highest BCUT2D eigenvalue weighted by Crippen LogP contribution is 2.16. The fraction of sp³-hybridized carbons (Fsp3) is 0.500. The molecule has 0 saturated heterocycles. The van der Waals surface area contributed by atoms with E-state index in [-0.39, 0.29) is 11.9 Å². The molecule has 5 heteroatoms. The van der Waals surface area contributed by atoms with Crippen molar-refractivity contribution in [2.24, 2.45) is 0 Å². The first-order valence-corrected chi connectivity index (χ1v) is 5.96. The van der Waals surface area contributed by atoms with Crippen molar-refractivity contribution in [1.82, 2.24) is 0 Å². The number of Topliss-reactive ketones (excluding diaryl/α,β-unsaturated/α-hetero) is 1. The molecule has 0 amide bonds. The minimum Gasteiger partial charge on any atom is -0.615 e. The van der Waals surface area contributed by atoms with Crippen LogP contribution in [0.1, 0.15) is 13.8 Å². The third kappa shape index (κ3) is 2.21. The van der Waals surface area contributed by atoms with Crippen LogP contribution in [-0.2, 0) is 12.4 Å². The van der Waals surface area contributed by atoms with E-state index in [2.05, 4.69) is 0 Å². The van der Waals surface area contributed by atoms with E-state index >= 15 is 0 Å². The molecular formula is C6H8AlClO3. The average molecular weight is 191 g/mol. The lowest BCUT2D eigenvalue weighted by molar-refractivity contribution is -0.114. The fourth-order valence-corrected chi connectivity index (χ4v) is 2.26. The minimum absolute atomic E-state index is 0.0323. The van der Waals surface area contributed by atoms with E-state index in [1.54, 1.807) is 6.92 Å². The van der Waals surface area contributed by atoms with E-state index in [0.717, 1.165) is 0 Å². The maximum Gasteiger partial charge on any atom is 0.905 e. The Labute approximate surface area is 74.2 Å². The van der Waals surface area contributed by atoms with Crippen LogP contribution in [0.3, 0.4) is 0 Å². The minimum atomic E-state index is -1.99. The van der Waals surface area contributed by atoms with Crippen LogP contribution < -0.4 is 0 Å². The SMILES string of the molecule is CC(=O)C1=C[O][Al]([Cl])[O]C1C. The summed E-state index contributed by atoms with van der Waals surface area (Å²) >= 11 is -1.99. The molecule has 0 aromatic rings. The maximum absolute atomic E-state index is 10.9. The lowest BCUT2D eigenvalue weighted by atomic mass is 10.1. The number of carbonyl (C=O) groups excluding carboxylic acids is 1. The molecule has 0 radical (unpaired) electrons. The average Bonchev–Trinajstić information content (AvgIpc) is 1.85. The van der Waals surface area contributed by atoms with Gasteiger partial charge in [0.1, 0.15) is 0 Å². The first kappa shape index (κ1) is 9.08. The van der Waals surface area contributed by atoms with Crippen LogP contribution in [0.4, 0.5) is 0 Å². The molecule has 0 aromatic carbocycles. The number of rotatable bonds is 1. The molecular weight excluding hydrogens is 182 g/mol. The van der Waals surface area contributed by atoms with E-state index in [1.807, 2.05) is 0 Å². The van der Waals surface area contributed by atoms with Gasteiger partial charge in [0.15, 0.2) is 5.78 Å². The summed E-state index contributed by atoms with van der Waals surface area (Å²) in [6.07, 6.45) is 1.20. The molecule has 1 unspecified atom stereocenters. The highest BCUT2D eigenvalue weighted by molar-refractivity contribution is 6.99. The van der Waals surface area contributed by atoms with Gasteiger partial charge in [0.05, 0.1) is 17.9 Å². The first-order chi connectivity index (χ1) is 5.11. The molecule has 1 aliphatic rings.